The summed E-state index contributed by atoms with van der Waals surface area (Å²) in [6.07, 6.45) is 9.91. The van der Waals surface area contributed by atoms with Gasteiger partial charge in [-0.3, -0.25) is 0 Å². The van der Waals surface area contributed by atoms with Crippen LogP contribution in [0.4, 0.5) is 4.79 Å². The van der Waals surface area contributed by atoms with E-state index in [2.05, 4.69) is 17.6 Å². The van der Waals surface area contributed by atoms with Crippen LogP contribution in [0.25, 0.3) is 0 Å². The summed E-state index contributed by atoms with van der Waals surface area (Å²) in [6, 6.07) is 0.949. The van der Waals surface area contributed by atoms with Crippen LogP contribution >= 0.6 is 0 Å². The third-order valence-electron chi connectivity index (χ3n) is 3.79. The number of carbonyl (C=O) groups is 1. The zero-order valence-corrected chi connectivity index (χ0v) is 10.3. The highest BCUT2D eigenvalue weighted by atomic mass is 16.2. The number of urea groups is 1. The molecule has 0 aromatic carbocycles. The molecule has 2 N–H and O–H groups in total. The Morgan fingerprint density at radius 3 is 1.94 bits per heavy atom. The fourth-order valence-corrected chi connectivity index (χ4v) is 2.64. The van der Waals surface area contributed by atoms with Crippen molar-refractivity contribution in [2.24, 2.45) is 5.92 Å². The molecule has 0 atom stereocenters. The quantitative estimate of drug-likeness (QED) is 0.757. The second kappa shape index (κ2) is 5.55. The van der Waals surface area contributed by atoms with Crippen LogP contribution in [0.1, 0.15) is 58.3 Å². The number of amides is 2. The first kappa shape index (κ1) is 11.7. The van der Waals surface area contributed by atoms with Crippen molar-refractivity contribution in [2.75, 3.05) is 0 Å². The van der Waals surface area contributed by atoms with E-state index in [1.165, 1.54) is 38.5 Å². The third kappa shape index (κ3) is 3.69. The van der Waals surface area contributed by atoms with Crippen molar-refractivity contribution >= 4 is 6.03 Å². The van der Waals surface area contributed by atoms with Gasteiger partial charge in [-0.25, -0.2) is 4.79 Å². The number of carbonyl (C=O) groups excluding carboxylic acids is 1. The molecule has 0 unspecified atom stereocenters. The number of hydrogen-bond acceptors (Lipinski definition) is 1. The zero-order chi connectivity index (χ0) is 11.4. The Kier molecular flexibility index (Phi) is 4.08. The second-order valence-electron chi connectivity index (χ2n) is 5.40. The van der Waals surface area contributed by atoms with Crippen LogP contribution in [0.3, 0.4) is 0 Å². The summed E-state index contributed by atoms with van der Waals surface area (Å²) in [5, 5.41) is 6.09. The Balaban J connectivity index is 1.62. The van der Waals surface area contributed by atoms with E-state index in [1.54, 1.807) is 0 Å². The van der Waals surface area contributed by atoms with Crippen molar-refractivity contribution in [2.45, 2.75) is 70.4 Å². The maximum absolute atomic E-state index is 11.5. The summed E-state index contributed by atoms with van der Waals surface area (Å²) in [7, 11) is 0. The lowest BCUT2D eigenvalue weighted by molar-refractivity contribution is 0.225. The zero-order valence-electron chi connectivity index (χ0n) is 10.3. The average Bonchev–Trinajstić information content (AvgIpc) is 3.05. The first-order chi connectivity index (χ1) is 7.78. The van der Waals surface area contributed by atoms with Crippen molar-refractivity contribution in [3.8, 4) is 0 Å². The molecule has 2 amide bonds. The van der Waals surface area contributed by atoms with Crippen LogP contribution in [0.5, 0.6) is 0 Å². The molecule has 0 aromatic heterocycles. The standard InChI is InChI=1S/C13H24N2O/c1-2-3-10-4-6-11(7-5-10)14-13(16)15-12-8-9-12/h10-12H,2-9H2,1H3,(H2,14,15,16). The lowest BCUT2D eigenvalue weighted by atomic mass is 9.83. The van der Waals surface area contributed by atoms with E-state index in [4.69, 9.17) is 0 Å². The van der Waals surface area contributed by atoms with Crippen molar-refractivity contribution in [3.63, 3.8) is 0 Å². The Labute approximate surface area is 98.4 Å². The number of rotatable bonds is 4. The maximum atomic E-state index is 11.5. The van der Waals surface area contributed by atoms with E-state index < -0.39 is 0 Å². The van der Waals surface area contributed by atoms with Crippen molar-refractivity contribution in [1.29, 1.82) is 0 Å². The first-order valence-electron chi connectivity index (χ1n) is 6.85. The SMILES string of the molecule is CCCC1CCC(NC(=O)NC2CC2)CC1. The van der Waals surface area contributed by atoms with Gasteiger partial charge in [0.05, 0.1) is 0 Å². The normalized spacial score (nSPS) is 29.8. The number of hydrogen-bond donors (Lipinski definition) is 2. The van der Waals surface area contributed by atoms with Crippen molar-refractivity contribution < 1.29 is 4.79 Å². The molecule has 16 heavy (non-hydrogen) atoms. The Bertz CT molecular complexity index is 230. The highest BCUT2D eigenvalue weighted by Gasteiger charge is 2.26. The lowest BCUT2D eigenvalue weighted by Crippen LogP contribution is -2.44. The molecule has 0 aliphatic heterocycles. The highest BCUT2D eigenvalue weighted by molar-refractivity contribution is 5.74. The summed E-state index contributed by atoms with van der Waals surface area (Å²) in [4.78, 5) is 11.5. The van der Waals surface area contributed by atoms with Crippen LogP contribution in [-0.2, 0) is 0 Å². The molecule has 2 aliphatic rings. The second-order valence-corrected chi connectivity index (χ2v) is 5.40. The molecule has 0 bridgehead atoms. The molecule has 0 spiro atoms. The van der Waals surface area contributed by atoms with Gasteiger partial charge in [0, 0.05) is 12.1 Å². The average molecular weight is 224 g/mol. The Morgan fingerprint density at radius 2 is 1.50 bits per heavy atom. The largest absolute Gasteiger partial charge is 0.335 e. The molecule has 0 heterocycles. The molecule has 92 valence electrons. The van der Waals surface area contributed by atoms with E-state index >= 15 is 0 Å². The first-order valence-corrected chi connectivity index (χ1v) is 6.85. The molecule has 0 saturated heterocycles. The van der Waals surface area contributed by atoms with Crippen LogP contribution in [0, 0.1) is 5.92 Å². The lowest BCUT2D eigenvalue weighted by Gasteiger charge is -2.28. The van der Waals surface area contributed by atoms with Crippen molar-refractivity contribution in [3.05, 3.63) is 0 Å². The number of nitrogens with one attached hydrogen (secondary N) is 2. The monoisotopic (exact) mass is 224 g/mol. The summed E-state index contributed by atoms with van der Waals surface area (Å²) in [5.41, 5.74) is 0. The molecule has 2 rings (SSSR count). The smallest absolute Gasteiger partial charge is 0.315 e. The van der Waals surface area contributed by atoms with Crippen molar-refractivity contribution in [1.82, 2.24) is 10.6 Å². The molecule has 0 radical (unpaired) electrons. The minimum absolute atomic E-state index is 0.0569. The van der Waals surface area contributed by atoms with Gasteiger partial charge in [0.1, 0.15) is 0 Å². The molecule has 0 aromatic rings. The molecule has 3 nitrogen and oxygen atoms in total. The van der Waals surface area contributed by atoms with Gasteiger partial charge in [0.15, 0.2) is 0 Å². The highest BCUT2D eigenvalue weighted by Crippen LogP contribution is 2.27. The molecular formula is C13H24N2O. The Hall–Kier alpha value is -0.730. The van der Waals surface area contributed by atoms with E-state index in [9.17, 15) is 4.79 Å². The summed E-state index contributed by atoms with van der Waals surface area (Å²) in [6.45, 7) is 2.26. The van der Waals surface area contributed by atoms with Gasteiger partial charge in [0.25, 0.3) is 0 Å². The van der Waals surface area contributed by atoms with Gasteiger partial charge >= 0.3 is 6.03 Å². The molecule has 2 fully saturated rings. The molecule has 2 saturated carbocycles. The van der Waals surface area contributed by atoms with E-state index in [1.807, 2.05) is 0 Å². The third-order valence-corrected chi connectivity index (χ3v) is 3.79. The molecular weight excluding hydrogens is 200 g/mol. The van der Waals surface area contributed by atoms with Gasteiger partial charge in [-0.1, -0.05) is 19.8 Å². The van der Waals surface area contributed by atoms with E-state index in [0.717, 1.165) is 18.8 Å². The van der Waals surface area contributed by atoms with Crippen LogP contribution in [0.15, 0.2) is 0 Å². The van der Waals surface area contributed by atoms with E-state index in [-0.39, 0.29) is 6.03 Å². The Morgan fingerprint density at radius 1 is 1.00 bits per heavy atom. The predicted molar refractivity (Wildman–Crippen MR) is 65.3 cm³/mol. The van der Waals surface area contributed by atoms with Gasteiger partial charge < -0.3 is 10.6 Å². The topological polar surface area (TPSA) is 41.1 Å². The maximum Gasteiger partial charge on any atom is 0.315 e. The minimum Gasteiger partial charge on any atom is -0.335 e. The minimum atomic E-state index is 0.0569. The van der Waals surface area contributed by atoms with Gasteiger partial charge in [0.2, 0.25) is 0 Å². The predicted octanol–water partition coefficient (Wildman–Crippen LogP) is 2.81. The van der Waals surface area contributed by atoms with Crippen LogP contribution < -0.4 is 10.6 Å². The fraction of sp³-hybridized carbons (Fsp3) is 0.923. The summed E-state index contributed by atoms with van der Waals surface area (Å²) >= 11 is 0. The summed E-state index contributed by atoms with van der Waals surface area (Å²) < 4.78 is 0. The van der Waals surface area contributed by atoms with Crippen LogP contribution in [-0.4, -0.2) is 18.1 Å². The van der Waals surface area contributed by atoms with Gasteiger partial charge in [-0.05, 0) is 44.4 Å². The summed E-state index contributed by atoms with van der Waals surface area (Å²) in [5.74, 6) is 0.912. The van der Waals surface area contributed by atoms with Crippen LogP contribution in [0.2, 0.25) is 0 Å². The molecule has 2 aliphatic carbocycles. The van der Waals surface area contributed by atoms with Gasteiger partial charge in [-0.15, -0.1) is 0 Å². The van der Waals surface area contributed by atoms with E-state index in [0.29, 0.717) is 12.1 Å². The molecule has 3 heteroatoms. The van der Waals surface area contributed by atoms with Gasteiger partial charge in [-0.2, -0.15) is 0 Å². The fourth-order valence-electron chi connectivity index (χ4n) is 2.64.